The van der Waals surface area contributed by atoms with Crippen LogP contribution < -0.4 is 5.32 Å². The highest BCUT2D eigenvalue weighted by Gasteiger charge is 2.23. The fourth-order valence-corrected chi connectivity index (χ4v) is 3.07. The van der Waals surface area contributed by atoms with Crippen LogP contribution in [0.25, 0.3) is 10.9 Å². The summed E-state index contributed by atoms with van der Waals surface area (Å²) in [4.78, 5) is 24.1. The average molecular weight is 358 g/mol. The molecule has 0 aliphatic heterocycles. The number of benzene rings is 2. The molecule has 1 aromatic heterocycles. The molecule has 0 spiro atoms. The van der Waals surface area contributed by atoms with E-state index in [1.165, 1.54) is 0 Å². The van der Waals surface area contributed by atoms with Crippen LogP contribution in [0.5, 0.6) is 0 Å². The zero-order valence-corrected chi connectivity index (χ0v) is 13.9. The Labute approximate surface area is 147 Å². The Morgan fingerprint density at radius 2 is 1.88 bits per heavy atom. The normalized spacial score (nSPS) is 10.9. The fraction of sp³-hybridized carbons (Fsp3) is 0.158. The van der Waals surface area contributed by atoms with E-state index in [2.05, 4.69) is 5.32 Å². The minimum atomic E-state index is -1.14. The Bertz CT molecular complexity index is 1010. The molecular weight excluding hydrogens is 342 g/mol. The molecule has 0 fully saturated rings. The first-order valence-electron chi connectivity index (χ1n) is 8.00. The maximum atomic E-state index is 13.7. The summed E-state index contributed by atoms with van der Waals surface area (Å²) in [5.74, 6) is -3.37. The molecule has 1 amide bonds. The van der Waals surface area contributed by atoms with Crippen molar-refractivity contribution in [1.82, 2.24) is 4.57 Å². The number of rotatable bonds is 5. The van der Waals surface area contributed by atoms with Crippen LogP contribution in [0.4, 0.5) is 14.5 Å². The largest absolute Gasteiger partial charge is 0.477 e. The molecule has 0 saturated carbocycles. The number of para-hydroxylation sites is 1. The minimum absolute atomic E-state index is 0.0310. The van der Waals surface area contributed by atoms with E-state index in [0.29, 0.717) is 29.1 Å². The lowest BCUT2D eigenvalue weighted by Gasteiger charge is -2.08. The quantitative estimate of drug-likeness (QED) is 0.728. The summed E-state index contributed by atoms with van der Waals surface area (Å²) in [7, 11) is 0. The Kier molecular flexibility index (Phi) is 4.71. The number of aromatic carboxylic acids is 1. The number of aryl methyl sites for hydroxylation is 1. The smallest absolute Gasteiger partial charge is 0.352 e. The van der Waals surface area contributed by atoms with E-state index in [-0.39, 0.29) is 17.8 Å². The Morgan fingerprint density at radius 3 is 2.54 bits per heavy atom. The molecule has 26 heavy (non-hydrogen) atoms. The van der Waals surface area contributed by atoms with E-state index in [4.69, 9.17) is 0 Å². The molecule has 0 saturated heterocycles. The number of carboxylic acid groups (broad SMARTS) is 1. The Balaban J connectivity index is 1.98. The lowest BCUT2D eigenvalue weighted by molar-refractivity contribution is -0.115. The monoisotopic (exact) mass is 358 g/mol. The number of hydrogen-bond acceptors (Lipinski definition) is 2. The number of aromatic nitrogens is 1. The molecular formula is C19H16F2N2O3. The molecule has 0 bridgehead atoms. The highest BCUT2D eigenvalue weighted by atomic mass is 19.1. The molecule has 0 atom stereocenters. The SMILES string of the molecule is CCn1c(C(=O)O)c(CC(=O)Nc2ccc(F)cc2F)c2ccccc21. The number of amides is 1. The average Bonchev–Trinajstić information content (AvgIpc) is 2.91. The molecule has 5 nitrogen and oxygen atoms in total. The van der Waals surface area contributed by atoms with E-state index in [0.717, 1.165) is 12.1 Å². The van der Waals surface area contributed by atoms with E-state index in [1.54, 1.807) is 28.8 Å². The number of carbonyl (C=O) groups excluding carboxylic acids is 1. The van der Waals surface area contributed by atoms with Gasteiger partial charge in [0.15, 0.2) is 0 Å². The third kappa shape index (κ3) is 3.15. The van der Waals surface area contributed by atoms with Gasteiger partial charge < -0.3 is 15.0 Å². The first kappa shape index (κ1) is 17.6. The third-order valence-corrected chi connectivity index (χ3v) is 4.14. The third-order valence-electron chi connectivity index (χ3n) is 4.14. The van der Waals surface area contributed by atoms with Crippen LogP contribution in [0.15, 0.2) is 42.5 Å². The molecule has 7 heteroatoms. The van der Waals surface area contributed by atoms with Crippen molar-refractivity contribution in [2.24, 2.45) is 0 Å². The molecule has 0 aliphatic carbocycles. The van der Waals surface area contributed by atoms with Gasteiger partial charge in [0.25, 0.3) is 0 Å². The minimum Gasteiger partial charge on any atom is -0.477 e. The van der Waals surface area contributed by atoms with Crippen molar-refractivity contribution in [3.05, 3.63) is 65.4 Å². The van der Waals surface area contributed by atoms with Gasteiger partial charge in [-0.2, -0.15) is 0 Å². The van der Waals surface area contributed by atoms with Gasteiger partial charge in [-0.15, -0.1) is 0 Å². The molecule has 2 N–H and O–H groups in total. The zero-order valence-electron chi connectivity index (χ0n) is 13.9. The molecule has 0 aliphatic rings. The van der Waals surface area contributed by atoms with Crippen molar-refractivity contribution < 1.29 is 23.5 Å². The van der Waals surface area contributed by atoms with Gasteiger partial charge in [0.05, 0.1) is 12.1 Å². The highest BCUT2D eigenvalue weighted by Crippen LogP contribution is 2.27. The first-order valence-corrected chi connectivity index (χ1v) is 8.00. The number of hydrogen-bond donors (Lipinski definition) is 2. The molecule has 1 heterocycles. The van der Waals surface area contributed by atoms with Crippen LogP contribution in [-0.4, -0.2) is 21.6 Å². The molecule has 134 valence electrons. The summed E-state index contributed by atoms with van der Waals surface area (Å²) in [5.41, 5.74) is 0.939. The van der Waals surface area contributed by atoms with Crippen LogP contribution >= 0.6 is 0 Å². The summed E-state index contributed by atoms with van der Waals surface area (Å²) in [5, 5.41) is 12.6. The fourth-order valence-electron chi connectivity index (χ4n) is 3.07. The van der Waals surface area contributed by atoms with Crippen molar-refractivity contribution in [2.45, 2.75) is 19.9 Å². The maximum Gasteiger partial charge on any atom is 0.352 e. The predicted octanol–water partition coefficient (Wildman–Crippen LogP) is 3.82. The number of carboxylic acids is 1. The number of halogens is 2. The number of nitrogens with one attached hydrogen (secondary N) is 1. The van der Waals surface area contributed by atoms with E-state index in [1.807, 2.05) is 6.92 Å². The van der Waals surface area contributed by atoms with Gasteiger partial charge in [0, 0.05) is 29.1 Å². The van der Waals surface area contributed by atoms with E-state index in [9.17, 15) is 23.5 Å². The van der Waals surface area contributed by atoms with Gasteiger partial charge >= 0.3 is 5.97 Å². The maximum absolute atomic E-state index is 13.7. The van der Waals surface area contributed by atoms with Gasteiger partial charge in [-0.25, -0.2) is 13.6 Å². The summed E-state index contributed by atoms with van der Waals surface area (Å²) < 4.78 is 28.3. The lowest BCUT2D eigenvalue weighted by Crippen LogP contribution is -2.18. The first-order chi connectivity index (χ1) is 12.4. The van der Waals surface area contributed by atoms with Gasteiger partial charge in [0.2, 0.25) is 5.91 Å². The second kappa shape index (κ2) is 6.95. The molecule has 2 aromatic carbocycles. The summed E-state index contributed by atoms with van der Waals surface area (Å²) in [6, 6.07) is 9.90. The van der Waals surface area contributed by atoms with Crippen molar-refractivity contribution in [3.63, 3.8) is 0 Å². The molecule has 0 unspecified atom stereocenters. The van der Waals surface area contributed by atoms with Crippen LogP contribution in [0.2, 0.25) is 0 Å². The molecule has 3 rings (SSSR count). The number of carbonyl (C=O) groups is 2. The predicted molar refractivity (Wildman–Crippen MR) is 93.3 cm³/mol. The van der Waals surface area contributed by atoms with Crippen molar-refractivity contribution in [1.29, 1.82) is 0 Å². The van der Waals surface area contributed by atoms with Crippen molar-refractivity contribution in [3.8, 4) is 0 Å². The van der Waals surface area contributed by atoms with Crippen LogP contribution in [0.3, 0.4) is 0 Å². The Hall–Kier alpha value is -3.22. The second-order valence-corrected chi connectivity index (χ2v) is 5.74. The number of anilines is 1. The van der Waals surface area contributed by atoms with Gasteiger partial charge in [-0.1, -0.05) is 18.2 Å². The van der Waals surface area contributed by atoms with E-state index >= 15 is 0 Å². The second-order valence-electron chi connectivity index (χ2n) is 5.74. The molecule has 0 radical (unpaired) electrons. The van der Waals surface area contributed by atoms with Crippen molar-refractivity contribution >= 4 is 28.5 Å². The highest BCUT2D eigenvalue weighted by molar-refractivity contribution is 6.02. The summed E-state index contributed by atoms with van der Waals surface area (Å²) in [6.45, 7) is 2.24. The van der Waals surface area contributed by atoms with Crippen molar-refractivity contribution in [2.75, 3.05) is 5.32 Å². The summed E-state index contributed by atoms with van der Waals surface area (Å²) >= 11 is 0. The van der Waals surface area contributed by atoms with Crippen LogP contribution in [0, 0.1) is 11.6 Å². The zero-order chi connectivity index (χ0) is 18.8. The van der Waals surface area contributed by atoms with Crippen LogP contribution in [-0.2, 0) is 17.8 Å². The van der Waals surface area contributed by atoms with Gasteiger partial charge in [0.1, 0.15) is 17.3 Å². The number of fused-ring (bicyclic) bond motifs is 1. The number of nitrogens with zero attached hydrogens (tertiary/aromatic N) is 1. The summed E-state index contributed by atoms with van der Waals surface area (Å²) in [6.07, 6.45) is -0.244. The van der Waals surface area contributed by atoms with E-state index < -0.39 is 23.5 Å². The topological polar surface area (TPSA) is 71.3 Å². The van der Waals surface area contributed by atoms with Crippen LogP contribution in [0.1, 0.15) is 23.0 Å². The lowest BCUT2D eigenvalue weighted by atomic mass is 10.1. The Morgan fingerprint density at radius 1 is 1.15 bits per heavy atom. The molecule has 3 aromatic rings. The standard InChI is InChI=1S/C19H16F2N2O3/c1-2-23-16-6-4-3-5-12(16)13(18(23)19(25)26)10-17(24)22-15-8-7-11(20)9-14(15)21/h3-9H,2,10H2,1H3,(H,22,24)(H,25,26). The van der Waals surface area contributed by atoms with Gasteiger partial charge in [-0.05, 0) is 25.1 Å². The van der Waals surface area contributed by atoms with Gasteiger partial charge in [-0.3, -0.25) is 4.79 Å².